The van der Waals surface area contributed by atoms with E-state index in [1.807, 2.05) is 11.4 Å². The van der Waals surface area contributed by atoms with Crippen LogP contribution in [0.2, 0.25) is 0 Å². The summed E-state index contributed by atoms with van der Waals surface area (Å²) in [6.07, 6.45) is 1.81. The second-order valence-corrected chi connectivity index (χ2v) is 5.32. The molecule has 0 bridgehead atoms. The lowest BCUT2D eigenvalue weighted by Gasteiger charge is -2.06. The predicted octanol–water partition coefficient (Wildman–Crippen LogP) is 2.94. The van der Waals surface area contributed by atoms with Crippen LogP contribution in [0, 0.1) is 4.77 Å². The fourth-order valence-electron chi connectivity index (χ4n) is 1.75. The Morgan fingerprint density at radius 3 is 3.11 bits per heavy atom. The van der Waals surface area contributed by atoms with Crippen molar-refractivity contribution >= 4 is 33.8 Å². The van der Waals surface area contributed by atoms with Gasteiger partial charge in [0.2, 0.25) is 0 Å². The van der Waals surface area contributed by atoms with Gasteiger partial charge in [-0.3, -0.25) is 9.36 Å². The van der Waals surface area contributed by atoms with Crippen molar-refractivity contribution in [2.45, 2.75) is 26.3 Å². The van der Waals surface area contributed by atoms with Crippen molar-refractivity contribution in [2.75, 3.05) is 13.2 Å². The Hall–Kier alpha value is -0.980. The van der Waals surface area contributed by atoms with E-state index in [1.54, 1.807) is 4.57 Å². The molecule has 2 aromatic heterocycles. The molecule has 0 aliphatic rings. The summed E-state index contributed by atoms with van der Waals surface area (Å²) < 4.78 is 7.50. The zero-order valence-electron chi connectivity index (χ0n) is 10.3. The normalized spacial score (nSPS) is 11.2. The summed E-state index contributed by atoms with van der Waals surface area (Å²) in [6.45, 7) is 4.11. The molecule has 0 amide bonds. The molecule has 18 heavy (non-hydrogen) atoms. The van der Waals surface area contributed by atoms with Crippen molar-refractivity contribution in [2.24, 2.45) is 0 Å². The first-order valence-electron chi connectivity index (χ1n) is 6.02. The van der Waals surface area contributed by atoms with E-state index in [4.69, 9.17) is 17.0 Å². The first-order valence-corrected chi connectivity index (χ1v) is 7.31. The van der Waals surface area contributed by atoms with Crippen molar-refractivity contribution in [3.05, 3.63) is 26.6 Å². The summed E-state index contributed by atoms with van der Waals surface area (Å²) in [7, 11) is 0. The van der Waals surface area contributed by atoms with Crippen LogP contribution in [0.15, 0.2) is 16.2 Å². The third-order valence-electron chi connectivity index (χ3n) is 2.63. The second-order valence-electron chi connectivity index (χ2n) is 4.02. The zero-order valence-corrected chi connectivity index (χ0v) is 11.9. The molecule has 0 atom stereocenters. The third kappa shape index (κ3) is 2.88. The molecule has 4 nitrogen and oxygen atoms in total. The van der Waals surface area contributed by atoms with E-state index in [9.17, 15) is 4.79 Å². The minimum Gasteiger partial charge on any atom is -0.381 e. The van der Waals surface area contributed by atoms with Crippen LogP contribution in [0.1, 0.15) is 19.8 Å². The third-order valence-corrected chi connectivity index (χ3v) is 3.78. The van der Waals surface area contributed by atoms with Crippen LogP contribution in [0.5, 0.6) is 0 Å². The number of hydrogen-bond donors (Lipinski definition) is 1. The maximum absolute atomic E-state index is 12.2. The van der Waals surface area contributed by atoms with E-state index in [2.05, 4.69) is 11.9 Å². The Morgan fingerprint density at radius 1 is 1.50 bits per heavy atom. The van der Waals surface area contributed by atoms with Gasteiger partial charge in [-0.1, -0.05) is 6.92 Å². The fourth-order valence-corrected chi connectivity index (χ4v) is 2.87. The maximum Gasteiger partial charge on any atom is 0.263 e. The molecular weight excluding hydrogens is 268 g/mol. The minimum atomic E-state index is -0.00880. The van der Waals surface area contributed by atoms with Gasteiger partial charge in [0.1, 0.15) is 4.83 Å². The molecule has 0 saturated carbocycles. The lowest BCUT2D eigenvalue weighted by molar-refractivity contribution is 0.129. The van der Waals surface area contributed by atoms with Gasteiger partial charge in [0, 0.05) is 19.8 Å². The van der Waals surface area contributed by atoms with Gasteiger partial charge < -0.3 is 9.72 Å². The molecule has 0 aromatic carbocycles. The average molecular weight is 284 g/mol. The quantitative estimate of drug-likeness (QED) is 0.655. The number of H-pyrrole nitrogens is 1. The lowest BCUT2D eigenvalue weighted by atomic mass is 10.4. The van der Waals surface area contributed by atoms with Gasteiger partial charge in [0.25, 0.3) is 5.56 Å². The highest BCUT2D eigenvalue weighted by atomic mass is 32.1. The first-order chi connectivity index (χ1) is 8.74. The van der Waals surface area contributed by atoms with Crippen LogP contribution in [0.4, 0.5) is 0 Å². The topological polar surface area (TPSA) is 47.0 Å². The molecule has 0 spiro atoms. The highest BCUT2D eigenvalue weighted by molar-refractivity contribution is 7.71. The number of nitrogens with zero attached hydrogens (tertiary/aromatic N) is 1. The number of aromatic amines is 1. The summed E-state index contributed by atoms with van der Waals surface area (Å²) in [5.41, 5.74) is -0.00880. The highest BCUT2D eigenvalue weighted by Crippen LogP contribution is 2.14. The van der Waals surface area contributed by atoms with E-state index in [-0.39, 0.29) is 5.56 Å². The molecular formula is C12H16N2O2S2. The Labute approximate surface area is 114 Å². The predicted molar refractivity (Wildman–Crippen MR) is 77.0 cm³/mol. The van der Waals surface area contributed by atoms with E-state index < -0.39 is 0 Å². The number of hydrogen-bond acceptors (Lipinski definition) is 4. The van der Waals surface area contributed by atoms with Gasteiger partial charge in [0.05, 0.1) is 5.39 Å². The van der Waals surface area contributed by atoms with Gasteiger partial charge in [-0.2, -0.15) is 0 Å². The van der Waals surface area contributed by atoms with Gasteiger partial charge in [-0.05, 0) is 36.5 Å². The standard InChI is InChI=1S/C12H16N2O2S2/c1-2-6-16-7-3-5-14-11(15)9-4-8-18-10(9)13-12(14)17/h4,8H,2-3,5-7H2,1H3,(H,13,17). The van der Waals surface area contributed by atoms with Crippen molar-refractivity contribution in [3.63, 3.8) is 0 Å². The van der Waals surface area contributed by atoms with E-state index in [1.165, 1.54) is 11.3 Å². The number of thiophene rings is 1. The lowest BCUT2D eigenvalue weighted by Crippen LogP contribution is -2.22. The molecule has 0 radical (unpaired) electrons. The molecule has 0 unspecified atom stereocenters. The molecule has 2 aromatic rings. The molecule has 2 heterocycles. The summed E-state index contributed by atoms with van der Waals surface area (Å²) in [6, 6.07) is 1.83. The van der Waals surface area contributed by atoms with Crippen LogP contribution in [-0.4, -0.2) is 22.8 Å². The second kappa shape index (κ2) is 6.26. The van der Waals surface area contributed by atoms with Crippen LogP contribution in [0.3, 0.4) is 0 Å². The van der Waals surface area contributed by atoms with Gasteiger partial charge in [0.15, 0.2) is 4.77 Å². The van der Waals surface area contributed by atoms with Crippen molar-refractivity contribution in [1.82, 2.24) is 9.55 Å². The molecule has 0 aliphatic carbocycles. The Balaban J connectivity index is 2.13. The van der Waals surface area contributed by atoms with Crippen LogP contribution in [-0.2, 0) is 11.3 Å². The Bertz CT molecular complexity index is 627. The van der Waals surface area contributed by atoms with Crippen LogP contribution < -0.4 is 5.56 Å². The average Bonchev–Trinajstić information content (AvgIpc) is 2.80. The summed E-state index contributed by atoms with van der Waals surface area (Å²) in [4.78, 5) is 16.1. The minimum absolute atomic E-state index is 0.00880. The number of rotatable bonds is 6. The highest BCUT2D eigenvalue weighted by Gasteiger charge is 2.05. The smallest absolute Gasteiger partial charge is 0.263 e. The fraction of sp³-hybridized carbons (Fsp3) is 0.500. The molecule has 1 N–H and O–H groups in total. The number of fused-ring (bicyclic) bond motifs is 1. The molecule has 0 fully saturated rings. The monoisotopic (exact) mass is 284 g/mol. The Morgan fingerprint density at radius 2 is 2.33 bits per heavy atom. The molecule has 2 rings (SSSR count). The summed E-state index contributed by atoms with van der Waals surface area (Å²) >= 11 is 6.71. The van der Waals surface area contributed by atoms with Crippen molar-refractivity contribution in [3.8, 4) is 0 Å². The Kier molecular flexibility index (Phi) is 4.68. The van der Waals surface area contributed by atoms with Crippen molar-refractivity contribution in [1.29, 1.82) is 0 Å². The molecule has 0 saturated heterocycles. The maximum atomic E-state index is 12.2. The van der Waals surface area contributed by atoms with E-state index in [0.29, 0.717) is 23.3 Å². The first kappa shape index (κ1) is 13.5. The summed E-state index contributed by atoms with van der Waals surface area (Å²) in [5, 5.41) is 2.61. The summed E-state index contributed by atoms with van der Waals surface area (Å²) in [5.74, 6) is 0. The number of aromatic nitrogens is 2. The largest absolute Gasteiger partial charge is 0.381 e. The van der Waals surface area contributed by atoms with Gasteiger partial charge in [-0.25, -0.2) is 0 Å². The van der Waals surface area contributed by atoms with E-state index in [0.717, 1.165) is 24.3 Å². The molecule has 98 valence electrons. The number of ether oxygens (including phenoxy) is 1. The van der Waals surface area contributed by atoms with Gasteiger partial charge >= 0.3 is 0 Å². The SMILES string of the molecule is CCCOCCCn1c(=S)[nH]c2sccc2c1=O. The zero-order chi connectivity index (χ0) is 13.0. The van der Waals surface area contributed by atoms with Crippen LogP contribution >= 0.6 is 23.6 Å². The van der Waals surface area contributed by atoms with Gasteiger partial charge in [-0.15, -0.1) is 11.3 Å². The molecule has 0 aliphatic heterocycles. The van der Waals surface area contributed by atoms with Crippen LogP contribution in [0.25, 0.3) is 10.2 Å². The number of nitrogens with one attached hydrogen (secondary N) is 1. The van der Waals surface area contributed by atoms with Crippen molar-refractivity contribution < 1.29 is 4.74 Å². The molecule has 6 heteroatoms. The van der Waals surface area contributed by atoms with E-state index >= 15 is 0 Å².